The second-order valence-electron chi connectivity index (χ2n) is 3.13. The topological polar surface area (TPSA) is 26.3 Å². The average molecular weight is 289 g/mol. The van der Waals surface area contributed by atoms with Crippen LogP contribution < -0.4 is 4.74 Å². The summed E-state index contributed by atoms with van der Waals surface area (Å²) in [5.74, 6) is 0.815. The van der Waals surface area contributed by atoms with Crippen molar-refractivity contribution in [2.24, 2.45) is 0 Å². The Bertz CT molecular complexity index is 366. The fraction of sp³-hybridized carbons (Fsp3) is 0.364. The van der Waals surface area contributed by atoms with Crippen LogP contribution >= 0.6 is 28.6 Å². The maximum atomic E-state index is 11.2. The number of thiol groups is 1. The van der Waals surface area contributed by atoms with Gasteiger partial charge in [-0.2, -0.15) is 0 Å². The van der Waals surface area contributed by atoms with Crippen molar-refractivity contribution in [1.82, 2.24) is 0 Å². The average Bonchev–Trinajstić information content (AvgIpc) is 2.20. The molecule has 0 spiro atoms. The Hall–Kier alpha value is -0.480. The number of alkyl halides is 1. The summed E-state index contributed by atoms with van der Waals surface area (Å²) in [4.78, 5) is 11.7. The lowest BCUT2D eigenvalue weighted by Crippen LogP contribution is -2.03. The molecule has 0 bridgehead atoms. The summed E-state index contributed by atoms with van der Waals surface area (Å²) >= 11 is 7.64. The fourth-order valence-electron chi connectivity index (χ4n) is 1.21. The van der Waals surface area contributed by atoms with E-state index in [1.54, 1.807) is 6.92 Å². The van der Waals surface area contributed by atoms with Crippen LogP contribution in [0.5, 0.6) is 5.75 Å². The molecule has 1 rings (SSSR count). The molecule has 1 aromatic rings. The summed E-state index contributed by atoms with van der Waals surface area (Å²) < 4.78 is 5.37. The molecule has 0 amide bonds. The van der Waals surface area contributed by atoms with Crippen LogP contribution in [0.25, 0.3) is 0 Å². The van der Waals surface area contributed by atoms with E-state index in [4.69, 9.17) is 4.74 Å². The molecule has 82 valence electrons. The van der Waals surface area contributed by atoms with E-state index < -0.39 is 0 Å². The van der Waals surface area contributed by atoms with Crippen molar-refractivity contribution in [2.45, 2.75) is 23.6 Å². The molecule has 0 aliphatic carbocycles. The molecule has 0 N–H and O–H groups in total. The van der Waals surface area contributed by atoms with Crippen molar-refractivity contribution in [3.8, 4) is 5.75 Å². The van der Waals surface area contributed by atoms with Crippen molar-refractivity contribution in [3.05, 3.63) is 23.8 Å². The minimum absolute atomic E-state index is 0.0546. The van der Waals surface area contributed by atoms with Gasteiger partial charge in [0, 0.05) is 4.90 Å². The Morgan fingerprint density at radius 2 is 2.27 bits per heavy atom. The lowest BCUT2D eigenvalue weighted by molar-refractivity contribution is -0.116. The van der Waals surface area contributed by atoms with Crippen LogP contribution in [0.2, 0.25) is 0 Å². The normalized spacial score (nSPS) is 12.3. The first kappa shape index (κ1) is 12.6. The number of hydrogen-bond acceptors (Lipinski definition) is 3. The third-order valence-corrected chi connectivity index (χ3v) is 3.49. The van der Waals surface area contributed by atoms with Gasteiger partial charge >= 0.3 is 0 Å². The summed E-state index contributed by atoms with van der Waals surface area (Å²) in [5.41, 5.74) is 0.844. The van der Waals surface area contributed by atoms with Gasteiger partial charge in [-0.25, -0.2) is 0 Å². The van der Waals surface area contributed by atoms with Crippen molar-refractivity contribution in [1.29, 1.82) is 0 Å². The zero-order chi connectivity index (χ0) is 11.4. The Labute approximate surface area is 104 Å². The first-order chi connectivity index (χ1) is 7.06. The molecule has 0 aromatic heterocycles. The van der Waals surface area contributed by atoms with Gasteiger partial charge in [-0.3, -0.25) is 4.79 Å². The molecule has 0 heterocycles. The molecule has 15 heavy (non-hydrogen) atoms. The van der Waals surface area contributed by atoms with E-state index in [2.05, 4.69) is 28.6 Å². The lowest BCUT2D eigenvalue weighted by atomic mass is 10.1. The maximum absolute atomic E-state index is 11.2. The number of halogens is 1. The smallest absolute Gasteiger partial charge is 0.147 e. The highest BCUT2D eigenvalue weighted by Gasteiger charge is 2.16. The van der Waals surface area contributed by atoms with E-state index in [9.17, 15) is 4.79 Å². The highest BCUT2D eigenvalue weighted by molar-refractivity contribution is 9.09. The van der Waals surface area contributed by atoms with E-state index in [1.807, 2.05) is 25.1 Å². The second kappa shape index (κ2) is 5.56. The quantitative estimate of drug-likeness (QED) is 0.679. The Morgan fingerprint density at radius 1 is 1.60 bits per heavy atom. The summed E-state index contributed by atoms with van der Waals surface area (Å²) in [7, 11) is 0. The van der Waals surface area contributed by atoms with Gasteiger partial charge in [-0.1, -0.05) is 15.9 Å². The molecule has 0 radical (unpaired) electrons. The molecule has 1 aromatic carbocycles. The summed E-state index contributed by atoms with van der Waals surface area (Å²) in [6, 6.07) is 5.52. The van der Waals surface area contributed by atoms with Crippen LogP contribution in [0, 0.1) is 0 Å². The number of ketones is 1. The highest BCUT2D eigenvalue weighted by atomic mass is 79.9. The van der Waals surface area contributed by atoms with Gasteiger partial charge in [0.15, 0.2) is 0 Å². The van der Waals surface area contributed by atoms with E-state index in [-0.39, 0.29) is 10.6 Å². The standard InChI is InChI=1S/C11H13BrO2S/c1-3-14-8-4-5-10(15)9(6-8)11(12)7(2)13/h4-6,11,15H,3H2,1-2H3. The first-order valence-corrected chi connectivity index (χ1v) is 6.02. The van der Waals surface area contributed by atoms with Crippen LogP contribution in [0.15, 0.2) is 23.1 Å². The molecule has 0 fully saturated rings. The van der Waals surface area contributed by atoms with Gasteiger partial charge in [0.1, 0.15) is 11.5 Å². The first-order valence-electron chi connectivity index (χ1n) is 4.66. The van der Waals surface area contributed by atoms with Gasteiger partial charge in [-0.15, -0.1) is 12.6 Å². The van der Waals surface area contributed by atoms with Crippen molar-refractivity contribution < 1.29 is 9.53 Å². The molecular formula is C11H13BrO2S. The number of rotatable bonds is 4. The van der Waals surface area contributed by atoms with E-state index in [0.29, 0.717) is 6.61 Å². The van der Waals surface area contributed by atoms with Gasteiger partial charge in [0.25, 0.3) is 0 Å². The molecule has 1 atom stereocenters. The zero-order valence-corrected chi connectivity index (χ0v) is 11.1. The number of carbonyl (C=O) groups is 1. The van der Waals surface area contributed by atoms with Crippen LogP contribution in [0.3, 0.4) is 0 Å². The molecule has 0 aliphatic rings. The lowest BCUT2D eigenvalue weighted by Gasteiger charge is -2.11. The number of hydrogen-bond donors (Lipinski definition) is 1. The largest absolute Gasteiger partial charge is 0.494 e. The second-order valence-corrected chi connectivity index (χ2v) is 4.52. The van der Waals surface area contributed by atoms with E-state index in [0.717, 1.165) is 16.2 Å². The highest BCUT2D eigenvalue weighted by Crippen LogP contribution is 2.32. The predicted octanol–water partition coefficient (Wildman–Crippen LogP) is 3.40. The zero-order valence-electron chi connectivity index (χ0n) is 8.66. The fourth-order valence-corrected chi connectivity index (χ4v) is 2.03. The molecule has 0 saturated heterocycles. The van der Waals surface area contributed by atoms with Crippen LogP contribution in [0.4, 0.5) is 0 Å². The molecular weight excluding hydrogens is 276 g/mol. The van der Waals surface area contributed by atoms with Crippen molar-refractivity contribution >= 4 is 34.3 Å². The van der Waals surface area contributed by atoms with Gasteiger partial charge in [0.2, 0.25) is 0 Å². The van der Waals surface area contributed by atoms with Crippen molar-refractivity contribution in [3.63, 3.8) is 0 Å². The predicted molar refractivity (Wildman–Crippen MR) is 67.2 cm³/mol. The molecule has 0 saturated carbocycles. The Morgan fingerprint density at radius 3 is 2.80 bits per heavy atom. The maximum Gasteiger partial charge on any atom is 0.147 e. The number of carbonyl (C=O) groups excluding carboxylic acids is 1. The molecule has 2 nitrogen and oxygen atoms in total. The number of ether oxygens (including phenoxy) is 1. The number of benzene rings is 1. The van der Waals surface area contributed by atoms with E-state index in [1.165, 1.54) is 0 Å². The molecule has 4 heteroatoms. The molecule has 1 unspecified atom stereocenters. The van der Waals surface area contributed by atoms with Crippen LogP contribution in [0.1, 0.15) is 24.2 Å². The minimum Gasteiger partial charge on any atom is -0.494 e. The van der Waals surface area contributed by atoms with Crippen LogP contribution in [-0.4, -0.2) is 12.4 Å². The van der Waals surface area contributed by atoms with Crippen molar-refractivity contribution in [2.75, 3.05) is 6.61 Å². The Kier molecular flexibility index (Phi) is 4.67. The summed E-state index contributed by atoms with van der Waals surface area (Å²) in [6.45, 7) is 4.07. The van der Waals surface area contributed by atoms with Crippen LogP contribution in [-0.2, 0) is 4.79 Å². The number of Topliss-reactive ketones (excluding diaryl/α,β-unsaturated/α-hetero) is 1. The van der Waals surface area contributed by atoms with Gasteiger partial charge < -0.3 is 4.74 Å². The summed E-state index contributed by atoms with van der Waals surface area (Å²) in [5, 5.41) is 0. The van der Waals surface area contributed by atoms with E-state index >= 15 is 0 Å². The Balaban J connectivity index is 3.04. The third-order valence-electron chi connectivity index (χ3n) is 1.94. The van der Waals surface area contributed by atoms with Gasteiger partial charge in [-0.05, 0) is 37.6 Å². The third kappa shape index (κ3) is 3.24. The SMILES string of the molecule is CCOc1ccc(S)c(C(Br)C(C)=O)c1. The monoisotopic (exact) mass is 288 g/mol. The van der Waals surface area contributed by atoms with Gasteiger partial charge in [0.05, 0.1) is 11.4 Å². The molecule has 0 aliphatic heterocycles. The minimum atomic E-state index is -0.314. The summed E-state index contributed by atoms with van der Waals surface area (Å²) in [6.07, 6.45) is 0.